The minimum Gasteiger partial charge on any atom is -0.282 e. The topological polar surface area (TPSA) is 103 Å². The average molecular weight is 333 g/mol. The van der Waals surface area contributed by atoms with Crippen LogP contribution in [-0.4, -0.2) is 18.0 Å². The molecule has 1 aromatic heterocycles. The Bertz CT molecular complexity index is 976. The van der Waals surface area contributed by atoms with Crippen molar-refractivity contribution >= 4 is 37.4 Å². The van der Waals surface area contributed by atoms with Crippen LogP contribution in [0.5, 0.6) is 0 Å². The highest BCUT2D eigenvalue weighted by Gasteiger charge is 2.20. The number of fused-ring (bicyclic) bond motifs is 1. The van der Waals surface area contributed by atoms with E-state index in [4.69, 9.17) is 5.53 Å². The molecule has 0 spiro atoms. The van der Waals surface area contributed by atoms with E-state index in [1.165, 1.54) is 11.3 Å². The third kappa shape index (κ3) is 2.52. The number of hydrogen-bond donors (Lipinski definition) is 2. The lowest BCUT2D eigenvalue weighted by atomic mass is 10.2. The Morgan fingerprint density at radius 3 is 2.45 bits per heavy atom. The van der Waals surface area contributed by atoms with E-state index in [9.17, 15) is 13.0 Å². The van der Waals surface area contributed by atoms with E-state index in [1.807, 2.05) is 0 Å². The molecule has 0 fully saturated rings. The third-order valence-corrected chi connectivity index (χ3v) is 5.52. The molecule has 0 amide bonds. The van der Waals surface area contributed by atoms with Crippen molar-refractivity contribution in [2.75, 3.05) is 0 Å². The maximum atomic E-state index is 11.6. The van der Waals surface area contributed by atoms with Crippen molar-refractivity contribution in [3.63, 3.8) is 0 Å². The molecule has 0 atom stereocenters. The molecule has 2 N–H and O–H groups in total. The zero-order chi connectivity index (χ0) is 15.9. The number of aryl methyl sites for hydroxylation is 1. The Morgan fingerprint density at radius 2 is 1.86 bits per heavy atom. The number of benzene rings is 2. The molecule has 112 valence electrons. The Labute approximate surface area is 130 Å². The summed E-state index contributed by atoms with van der Waals surface area (Å²) in [5.41, 5.74) is 9.27. The number of thiazole rings is 1. The highest BCUT2D eigenvalue weighted by atomic mass is 32.2. The first-order valence-electron chi connectivity index (χ1n) is 6.25. The molecular formula is C14H11N3O3S2. The van der Waals surface area contributed by atoms with Gasteiger partial charge in [0.05, 0.1) is 15.9 Å². The van der Waals surface area contributed by atoms with Gasteiger partial charge in [-0.15, -0.1) is 11.3 Å². The minimum atomic E-state index is -4.31. The molecule has 1 heterocycles. The second-order valence-corrected chi connectivity index (χ2v) is 7.07. The molecular weight excluding hydrogens is 322 g/mol. The number of aromatic nitrogens is 1. The fraction of sp³-hybridized carbons (Fsp3) is 0.0714. The normalized spacial score (nSPS) is 11.7. The number of hydrogen-bond acceptors (Lipinski definition) is 6. The quantitative estimate of drug-likeness (QED) is 0.554. The predicted molar refractivity (Wildman–Crippen MR) is 84.4 cm³/mol. The van der Waals surface area contributed by atoms with Gasteiger partial charge < -0.3 is 0 Å². The highest BCUT2D eigenvalue weighted by molar-refractivity contribution is 7.86. The standard InChI is InChI=1S/C14H11N3O3S2/c1-8-2-7-11-12(13(8)22(18,19)20)21-14(16-11)9-3-5-10(17-15)6-4-9/h2-7,15H,1H3,(H,18,19,20). The monoisotopic (exact) mass is 333 g/mol. The van der Waals surface area contributed by atoms with Gasteiger partial charge in [-0.25, -0.2) is 10.5 Å². The first-order valence-corrected chi connectivity index (χ1v) is 8.51. The first kappa shape index (κ1) is 14.8. The second kappa shape index (κ2) is 5.24. The Hall–Kier alpha value is -2.16. The van der Waals surface area contributed by atoms with E-state index < -0.39 is 10.1 Å². The van der Waals surface area contributed by atoms with Gasteiger partial charge in [-0.05, 0) is 42.8 Å². The first-order chi connectivity index (χ1) is 10.4. The smallest absolute Gasteiger partial charge is 0.282 e. The minimum absolute atomic E-state index is 0.0912. The SMILES string of the molecule is Cc1ccc2nc(-c3ccc(N=N)cc3)sc2c1S(=O)(=O)O. The van der Waals surface area contributed by atoms with Gasteiger partial charge in [0.2, 0.25) is 0 Å². The largest absolute Gasteiger partial charge is 0.296 e. The summed E-state index contributed by atoms with van der Waals surface area (Å²) in [6.07, 6.45) is 0. The molecule has 0 bridgehead atoms. The Balaban J connectivity index is 2.23. The zero-order valence-electron chi connectivity index (χ0n) is 11.4. The van der Waals surface area contributed by atoms with Crippen molar-refractivity contribution in [2.24, 2.45) is 5.11 Å². The van der Waals surface area contributed by atoms with Crippen LogP contribution in [0.2, 0.25) is 0 Å². The molecule has 0 radical (unpaired) electrons. The molecule has 3 rings (SSSR count). The molecule has 0 aliphatic heterocycles. The lowest BCUT2D eigenvalue weighted by Gasteiger charge is -2.02. The van der Waals surface area contributed by atoms with Crippen molar-refractivity contribution in [1.29, 1.82) is 5.53 Å². The van der Waals surface area contributed by atoms with Crippen LogP contribution in [-0.2, 0) is 10.1 Å². The molecule has 0 saturated carbocycles. The van der Waals surface area contributed by atoms with Crippen molar-refractivity contribution < 1.29 is 13.0 Å². The van der Waals surface area contributed by atoms with Crippen LogP contribution >= 0.6 is 11.3 Å². The Kier molecular flexibility index (Phi) is 3.51. The highest BCUT2D eigenvalue weighted by Crippen LogP contribution is 2.36. The molecule has 0 aliphatic rings. The number of nitrogens with zero attached hydrogens (tertiary/aromatic N) is 2. The van der Waals surface area contributed by atoms with Gasteiger partial charge in [0, 0.05) is 5.56 Å². The third-order valence-electron chi connectivity index (χ3n) is 3.21. The predicted octanol–water partition coefficient (Wildman–Crippen LogP) is 4.18. The van der Waals surface area contributed by atoms with Crippen LogP contribution in [0.15, 0.2) is 46.4 Å². The molecule has 3 aromatic rings. The summed E-state index contributed by atoms with van der Waals surface area (Å²) in [5.74, 6) is 0. The zero-order valence-corrected chi connectivity index (χ0v) is 13.1. The van der Waals surface area contributed by atoms with Gasteiger partial charge in [-0.2, -0.15) is 13.5 Å². The number of nitrogens with one attached hydrogen (secondary N) is 1. The van der Waals surface area contributed by atoms with E-state index in [1.54, 1.807) is 43.3 Å². The van der Waals surface area contributed by atoms with E-state index in [0.29, 0.717) is 26.5 Å². The maximum Gasteiger partial charge on any atom is 0.296 e. The summed E-state index contributed by atoms with van der Waals surface area (Å²) in [6, 6.07) is 10.3. The molecule has 0 unspecified atom stereocenters. The summed E-state index contributed by atoms with van der Waals surface area (Å²) >= 11 is 1.20. The summed E-state index contributed by atoms with van der Waals surface area (Å²) in [6.45, 7) is 1.63. The van der Waals surface area contributed by atoms with Crippen molar-refractivity contribution in [1.82, 2.24) is 4.98 Å². The van der Waals surface area contributed by atoms with Gasteiger partial charge >= 0.3 is 0 Å². The van der Waals surface area contributed by atoms with E-state index in [2.05, 4.69) is 10.1 Å². The molecule has 0 saturated heterocycles. The lowest BCUT2D eigenvalue weighted by molar-refractivity contribution is 0.484. The van der Waals surface area contributed by atoms with E-state index in [0.717, 1.165) is 5.56 Å². The van der Waals surface area contributed by atoms with Gasteiger partial charge in [0.15, 0.2) is 0 Å². The lowest BCUT2D eigenvalue weighted by Crippen LogP contribution is -2.00. The molecule has 0 aliphatic carbocycles. The molecule has 22 heavy (non-hydrogen) atoms. The van der Waals surface area contributed by atoms with Crippen molar-refractivity contribution in [3.05, 3.63) is 42.0 Å². The van der Waals surface area contributed by atoms with Crippen LogP contribution in [0.1, 0.15) is 5.56 Å². The van der Waals surface area contributed by atoms with Gasteiger partial charge in [0.25, 0.3) is 10.1 Å². The maximum absolute atomic E-state index is 11.6. The van der Waals surface area contributed by atoms with Gasteiger partial charge in [0.1, 0.15) is 9.90 Å². The average Bonchev–Trinajstić information content (AvgIpc) is 2.89. The van der Waals surface area contributed by atoms with Gasteiger partial charge in [-0.3, -0.25) is 4.55 Å². The summed E-state index contributed by atoms with van der Waals surface area (Å²) in [5, 5.41) is 3.97. The van der Waals surface area contributed by atoms with E-state index in [-0.39, 0.29) is 4.90 Å². The fourth-order valence-electron chi connectivity index (χ4n) is 2.19. The molecule has 2 aromatic carbocycles. The van der Waals surface area contributed by atoms with Crippen LogP contribution < -0.4 is 0 Å². The molecule has 8 heteroatoms. The van der Waals surface area contributed by atoms with Crippen LogP contribution in [0.3, 0.4) is 0 Å². The second-order valence-electron chi connectivity index (χ2n) is 4.71. The fourth-order valence-corrected chi connectivity index (χ4v) is 4.51. The number of rotatable bonds is 3. The van der Waals surface area contributed by atoms with Crippen molar-refractivity contribution in [2.45, 2.75) is 11.8 Å². The van der Waals surface area contributed by atoms with Crippen LogP contribution in [0.25, 0.3) is 20.8 Å². The molecule has 6 nitrogen and oxygen atoms in total. The Morgan fingerprint density at radius 1 is 1.18 bits per heavy atom. The van der Waals surface area contributed by atoms with E-state index >= 15 is 0 Å². The summed E-state index contributed by atoms with van der Waals surface area (Å²) in [4.78, 5) is 4.33. The van der Waals surface area contributed by atoms with Gasteiger partial charge in [-0.1, -0.05) is 6.07 Å². The van der Waals surface area contributed by atoms with Crippen LogP contribution in [0, 0.1) is 12.5 Å². The van der Waals surface area contributed by atoms with Crippen LogP contribution in [0.4, 0.5) is 5.69 Å². The summed E-state index contributed by atoms with van der Waals surface area (Å²) < 4.78 is 33.1. The van der Waals surface area contributed by atoms with Crippen molar-refractivity contribution in [3.8, 4) is 10.6 Å². The summed E-state index contributed by atoms with van der Waals surface area (Å²) in [7, 11) is -4.31.